The number of amidine groups is 1. The van der Waals surface area contributed by atoms with E-state index in [-0.39, 0.29) is 17.7 Å². The summed E-state index contributed by atoms with van der Waals surface area (Å²) in [5, 5.41) is 15.9. The zero-order chi connectivity index (χ0) is 15.4. The van der Waals surface area contributed by atoms with Gasteiger partial charge in [0.05, 0.1) is 17.3 Å². The van der Waals surface area contributed by atoms with Crippen LogP contribution in [0.15, 0.2) is 35.7 Å². The highest BCUT2D eigenvalue weighted by Crippen LogP contribution is 2.14. The Morgan fingerprint density at radius 2 is 2.33 bits per heavy atom. The molecule has 2 aromatic rings. The lowest BCUT2D eigenvalue weighted by Crippen LogP contribution is -2.38. The molecular weight excluding hydrogens is 270 g/mol. The second-order valence-electron chi connectivity index (χ2n) is 4.86. The molecule has 7 heteroatoms. The lowest BCUT2D eigenvalue weighted by Gasteiger charge is -2.23. The van der Waals surface area contributed by atoms with E-state index in [4.69, 9.17) is 10.9 Å². The molecule has 1 unspecified atom stereocenters. The van der Waals surface area contributed by atoms with E-state index in [0.717, 1.165) is 5.52 Å². The van der Waals surface area contributed by atoms with Crippen LogP contribution in [0.2, 0.25) is 0 Å². The van der Waals surface area contributed by atoms with Crippen molar-refractivity contribution in [2.75, 3.05) is 13.1 Å². The number of carbonyl (C=O) groups excluding carboxylic acids is 1. The summed E-state index contributed by atoms with van der Waals surface area (Å²) in [5.74, 6) is -0.224. The monoisotopic (exact) mass is 289 g/mol. The zero-order valence-corrected chi connectivity index (χ0v) is 12.1. The molecule has 0 aliphatic carbocycles. The number of hydrogen-bond acceptors (Lipinski definition) is 4. The van der Waals surface area contributed by atoms with Crippen molar-refractivity contribution in [2.24, 2.45) is 16.8 Å². The van der Waals surface area contributed by atoms with Crippen LogP contribution in [-0.4, -0.2) is 44.6 Å². The third-order valence-electron chi connectivity index (χ3n) is 3.44. The maximum Gasteiger partial charge on any atom is 0.257 e. The van der Waals surface area contributed by atoms with Gasteiger partial charge in [-0.05, 0) is 19.1 Å². The second kappa shape index (κ2) is 6.25. The molecule has 3 N–H and O–H groups in total. The minimum Gasteiger partial charge on any atom is -0.409 e. The van der Waals surface area contributed by atoms with E-state index < -0.39 is 0 Å². The number of carbonyl (C=O) groups is 1. The topological polar surface area (TPSA) is 96.2 Å². The Morgan fingerprint density at radius 1 is 1.57 bits per heavy atom. The summed E-state index contributed by atoms with van der Waals surface area (Å²) < 4.78 is 1.66. The maximum atomic E-state index is 12.6. The fourth-order valence-electron chi connectivity index (χ4n) is 2.15. The van der Waals surface area contributed by atoms with Crippen LogP contribution in [0.4, 0.5) is 0 Å². The van der Waals surface area contributed by atoms with Gasteiger partial charge in [0, 0.05) is 25.2 Å². The third-order valence-corrected chi connectivity index (χ3v) is 3.44. The molecule has 0 bridgehead atoms. The minimum atomic E-state index is -0.222. The number of fused-ring (bicyclic) bond motifs is 1. The molecule has 2 aromatic heterocycles. The molecule has 0 aromatic carbocycles. The van der Waals surface area contributed by atoms with Gasteiger partial charge >= 0.3 is 0 Å². The first-order chi connectivity index (χ1) is 10.1. The van der Waals surface area contributed by atoms with Crippen LogP contribution in [0.3, 0.4) is 0 Å². The minimum absolute atomic E-state index is 0.112. The fourth-order valence-corrected chi connectivity index (χ4v) is 2.15. The molecule has 0 saturated heterocycles. The van der Waals surface area contributed by atoms with Gasteiger partial charge in [-0.25, -0.2) is 4.52 Å². The summed E-state index contributed by atoms with van der Waals surface area (Å²) in [6.45, 7) is 4.62. The molecule has 0 aliphatic heterocycles. The van der Waals surface area contributed by atoms with Gasteiger partial charge in [0.1, 0.15) is 5.84 Å². The molecule has 0 saturated carbocycles. The lowest BCUT2D eigenvalue weighted by atomic mass is 10.1. The van der Waals surface area contributed by atoms with E-state index in [1.807, 2.05) is 25.1 Å². The highest BCUT2D eigenvalue weighted by atomic mass is 16.4. The first kappa shape index (κ1) is 14.8. The number of oxime groups is 1. The van der Waals surface area contributed by atoms with Gasteiger partial charge in [-0.15, -0.1) is 0 Å². The quantitative estimate of drug-likeness (QED) is 0.374. The SMILES string of the molecule is CCN(CC(C)/C(N)=N/O)C(=O)c1cnn2ccccc12. The molecular formula is C14H19N5O2. The highest BCUT2D eigenvalue weighted by Gasteiger charge is 2.21. The average Bonchev–Trinajstić information content (AvgIpc) is 2.94. The molecule has 0 fully saturated rings. The van der Waals surface area contributed by atoms with E-state index >= 15 is 0 Å². The average molecular weight is 289 g/mol. The predicted molar refractivity (Wildman–Crippen MR) is 79.3 cm³/mol. The summed E-state index contributed by atoms with van der Waals surface area (Å²) in [6, 6.07) is 5.57. The van der Waals surface area contributed by atoms with Crippen molar-refractivity contribution >= 4 is 17.3 Å². The first-order valence-corrected chi connectivity index (χ1v) is 6.77. The Labute approximate surface area is 122 Å². The predicted octanol–water partition coefficient (Wildman–Crippen LogP) is 1.18. The van der Waals surface area contributed by atoms with E-state index in [0.29, 0.717) is 18.7 Å². The van der Waals surface area contributed by atoms with Gasteiger partial charge in [-0.2, -0.15) is 5.10 Å². The van der Waals surface area contributed by atoms with Gasteiger partial charge in [-0.3, -0.25) is 4.79 Å². The summed E-state index contributed by atoms with van der Waals surface area (Å²) >= 11 is 0. The Hall–Kier alpha value is -2.57. The molecule has 2 rings (SSSR count). The fraction of sp³-hybridized carbons (Fsp3) is 0.357. The lowest BCUT2D eigenvalue weighted by molar-refractivity contribution is 0.0755. The van der Waals surface area contributed by atoms with E-state index in [1.54, 1.807) is 28.7 Å². The van der Waals surface area contributed by atoms with E-state index in [2.05, 4.69) is 10.3 Å². The zero-order valence-electron chi connectivity index (χ0n) is 12.1. The van der Waals surface area contributed by atoms with Crippen molar-refractivity contribution in [3.63, 3.8) is 0 Å². The Balaban J connectivity index is 2.24. The van der Waals surface area contributed by atoms with E-state index in [9.17, 15) is 4.79 Å². The molecule has 0 aliphatic rings. The van der Waals surface area contributed by atoms with Gasteiger partial charge in [-0.1, -0.05) is 18.1 Å². The second-order valence-corrected chi connectivity index (χ2v) is 4.86. The van der Waals surface area contributed by atoms with Gasteiger partial charge in [0.25, 0.3) is 5.91 Å². The summed E-state index contributed by atoms with van der Waals surface area (Å²) in [4.78, 5) is 14.3. The molecule has 1 atom stereocenters. The number of rotatable bonds is 5. The van der Waals surface area contributed by atoms with Crippen molar-refractivity contribution in [2.45, 2.75) is 13.8 Å². The number of aromatic nitrogens is 2. The first-order valence-electron chi connectivity index (χ1n) is 6.77. The Bertz CT molecular complexity index is 664. The van der Waals surface area contributed by atoms with Crippen molar-refractivity contribution in [3.05, 3.63) is 36.2 Å². The van der Waals surface area contributed by atoms with Gasteiger partial charge < -0.3 is 15.8 Å². The Morgan fingerprint density at radius 3 is 3.00 bits per heavy atom. The largest absolute Gasteiger partial charge is 0.409 e. The summed E-state index contributed by atoms with van der Waals surface area (Å²) in [5.41, 5.74) is 6.88. The van der Waals surface area contributed by atoms with Gasteiger partial charge in [0.15, 0.2) is 0 Å². The van der Waals surface area contributed by atoms with Crippen molar-refractivity contribution in [1.82, 2.24) is 14.5 Å². The number of pyridine rings is 1. The molecule has 21 heavy (non-hydrogen) atoms. The van der Waals surface area contributed by atoms with E-state index in [1.165, 1.54) is 0 Å². The highest BCUT2D eigenvalue weighted by molar-refractivity contribution is 6.00. The third kappa shape index (κ3) is 2.96. The van der Waals surface area contributed by atoms with Crippen LogP contribution in [-0.2, 0) is 0 Å². The molecule has 1 amide bonds. The smallest absolute Gasteiger partial charge is 0.257 e. The number of hydrogen-bond donors (Lipinski definition) is 2. The number of nitrogens with two attached hydrogens (primary N) is 1. The summed E-state index contributed by atoms with van der Waals surface area (Å²) in [6.07, 6.45) is 3.36. The van der Waals surface area contributed by atoms with Crippen LogP contribution in [0, 0.1) is 5.92 Å². The van der Waals surface area contributed by atoms with Gasteiger partial charge in [0.2, 0.25) is 0 Å². The van der Waals surface area contributed by atoms with Crippen molar-refractivity contribution < 1.29 is 10.0 Å². The molecule has 0 radical (unpaired) electrons. The number of amides is 1. The normalized spacial score (nSPS) is 13.3. The summed E-state index contributed by atoms with van der Waals surface area (Å²) in [7, 11) is 0. The van der Waals surface area contributed by atoms with Crippen LogP contribution in [0.25, 0.3) is 5.52 Å². The van der Waals surface area contributed by atoms with Crippen LogP contribution >= 0.6 is 0 Å². The van der Waals surface area contributed by atoms with Crippen LogP contribution in [0.5, 0.6) is 0 Å². The van der Waals surface area contributed by atoms with Crippen molar-refractivity contribution in [1.29, 1.82) is 0 Å². The maximum absolute atomic E-state index is 12.6. The van der Waals surface area contributed by atoms with Crippen LogP contribution < -0.4 is 5.73 Å². The Kier molecular flexibility index (Phi) is 4.42. The molecule has 0 spiro atoms. The number of nitrogens with zero attached hydrogens (tertiary/aromatic N) is 4. The van der Waals surface area contributed by atoms with Crippen molar-refractivity contribution in [3.8, 4) is 0 Å². The molecule has 112 valence electrons. The van der Waals surface area contributed by atoms with Crippen LogP contribution in [0.1, 0.15) is 24.2 Å². The molecule has 2 heterocycles. The molecule has 7 nitrogen and oxygen atoms in total. The standard InChI is InChI=1S/C14H19N5O2/c1-3-18(9-10(2)13(15)17-21)14(20)11-8-16-19-7-5-4-6-12(11)19/h4-8,10,21H,3,9H2,1-2H3,(H2,15,17).